The first kappa shape index (κ1) is 6.70. The molecule has 1 aromatic heterocycles. The third-order valence-electron chi connectivity index (χ3n) is 2.03. The van der Waals surface area contributed by atoms with Crippen LogP contribution in [0.15, 0.2) is 13.6 Å². The highest BCUT2D eigenvalue weighted by Gasteiger charge is 2.14. The molecule has 0 aliphatic heterocycles. The second kappa shape index (κ2) is 2.57. The summed E-state index contributed by atoms with van der Waals surface area (Å²) in [5, 5.41) is 0. The van der Waals surface area contributed by atoms with Crippen LogP contribution >= 0.6 is 0 Å². The maximum Gasteiger partial charge on any atom is 0.519 e. The van der Waals surface area contributed by atoms with Gasteiger partial charge in [-0.15, -0.1) is 0 Å². The zero-order valence-corrected chi connectivity index (χ0v) is 6.26. The largest absolute Gasteiger partial charge is 0.519 e. The molecule has 2 rings (SSSR count). The quantitative estimate of drug-likeness (QED) is 0.532. The van der Waals surface area contributed by atoms with Gasteiger partial charge in [0.05, 0.1) is 0 Å². The summed E-state index contributed by atoms with van der Waals surface area (Å²) in [5.41, 5.74) is 0. The molecule has 0 amide bonds. The van der Waals surface area contributed by atoms with Crippen molar-refractivity contribution < 1.29 is 8.83 Å². The molecule has 0 fully saturated rings. The van der Waals surface area contributed by atoms with Gasteiger partial charge in [0.2, 0.25) is 0 Å². The Morgan fingerprint density at radius 1 is 0.909 bits per heavy atom. The van der Waals surface area contributed by atoms with E-state index in [0.717, 1.165) is 37.2 Å². The number of rotatable bonds is 0. The lowest BCUT2D eigenvalue weighted by atomic mass is 10.2. The van der Waals surface area contributed by atoms with E-state index in [1.807, 2.05) is 0 Å². The summed E-state index contributed by atoms with van der Waals surface area (Å²) in [6.07, 6.45) is 5.14. The SMILES string of the molecule is O=c1oc2c(o1)CCCCC2. The lowest BCUT2D eigenvalue weighted by Crippen LogP contribution is -1.88. The van der Waals surface area contributed by atoms with Gasteiger partial charge >= 0.3 is 5.82 Å². The molecular weight excluding hydrogens is 144 g/mol. The number of fused-ring (bicyclic) bond motifs is 1. The average Bonchev–Trinajstić information content (AvgIpc) is 2.17. The van der Waals surface area contributed by atoms with Crippen LogP contribution in [0.25, 0.3) is 0 Å². The maximum atomic E-state index is 10.6. The summed E-state index contributed by atoms with van der Waals surface area (Å²) >= 11 is 0. The van der Waals surface area contributed by atoms with Crippen molar-refractivity contribution in [1.82, 2.24) is 0 Å². The average molecular weight is 154 g/mol. The molecule has 11 heavy (non-hydrogen) atoms. The van der Waals surface area contributed by atoms with E-state index in [1.54, 1.807) is 0 Å². The topological polar surface area (TPSA) is 43.4 Å². The fraction of sp³-hybridized carbons (Fsp3) is 0.625. The van der Waals surface area contributed by atoms with E-state index >= 15 is 0 Å². The van der Waals surface area contributed by atoms with Crippen LogP contribution in [0.2, 0.25) is 0 Å². The Kier molecular flexibility index (Phi) is 1.56. The first-order chi connectivity index (χ1) is 5.36. The van der Waals surface area contributed by atoms with E-state index in [-0.39, 0.29) is 0 Å². The van der Waals surface area contributed by atoms with Gasteiger partial charge in [-0.2, -0.15) is 0 Å². The lowest BCUT2D eigenvalue weighted by molar-refractivity contribution is 0.359. The van der Waals surface area contributed by atoms with E-state index in [1.165, 1.54) is 6.42 Å². The van der Waals surface area contributed by atoms with Gasteiger partial charge in [-0.3, -0.25) is 0 Å². The normalized spacial score (nSPS) is 17.5. The number of hydrogen-bond donors (Lipinski definition) is 0. The molecule has 0 aromatic carbocycles. The Balaban J connectivity index is 2.39. The summed E-state index contributed by atoms with van der Waals surface area (Å²) < 4.78 is 9.73. The first-order valence-electron chi connectivity index (χ1n) is 3.98. The van der Waals surface area contributed by atoms with Gasteiger partial charge in [0, 0.05) is 12.8 Å². The molecule has 0 atom stereocenters. The fourth-order valence-electron chi connectivity index (χ4n) is 1.46. The molecule has 0 N–H and O–H groups in total. The summed E-state index contributed by atoms with van der Waals surface area (Å²) in [7, 11) is 0. The van der Waals surface area contributed by atoms with Crippen molar-refractivity contribution in [3.8, 4) is 0 Å². The van der Waals surface area contributed by atoms with Crippen LogP contribution in [0.1, 0.15) is 30.8 Å². The highest BCUT2D eigenvalue weighted by Crippen LogP contribution is 2.18. The molecule has 1 heterocycles. The van der Waals surface area contributed by atoms with Crippen molar-refractivity contribution in [2.45, 2.75) is 32.1 Å². The molecule has 0 spiro atoms. The van der Waals surface area contributed by atoms with Crippen LogP contribution in [0, 0.1) is 0 Å². The third kappa shape index (κ3) is 1.23. The van der Waals surface area contributed by atoms with Crippen molar-refractivity contribution in [3.63, 3.8) is 0 Å². The van der Waals surface area contributed by atoms with E-state index in [9.17, 15) is 4.79 Å². The lowest BCUT2D eigenvalue weighted by Gasteiger charge is -1.87. The number of hydrogen-bond acceptors (Lipinski definition) is 3. The molecular formula is C8H10O3. The summed E-state index contributed by atoms with van der Waals surface area (Å²) in [6, 6.07) is 0. The number of aryl methyl sites for hydroxylation is 2. The minimum Gasteiger partial charge on any atom is -0.396 e. The standard InChI is InChI=1S/C8H10O3/c9-8-10-6-4-2-1-3-5-7(6)11-8/h1-5H2. The van der Waals surface area contributed by atoms with E-state index in [0.29, 0.717) is 0 Å². The zero-order valence-electron chi connectivity index (χ0n) is 6.26. The van der Waals surface area contributed by atoms with Crippen LogP contribution in [-0.2, 0) is 12.8 Å². The van der Waals surface area contributed by atoms with Gasteiger partial charge in [-0.1, -0.05) is 6.42 Å². The summed E-state index contributed by atoms with van der Waals surface area (Å²) in [5.74, 6) is 0.997. The molecule has 60 valence electrons. The molecule has 0 saturated carbocycles. The third-order valence-corrected chi connectivity index (χ3v) is 2.03. The van der Waals surface area contributed by atoms with E-state index < -0.39 is 5.82 Å². The molecule has 0 bridgehead atoms. The Morgan fingerprint density at radius 2 is 1.45 bits per heavy atom. The Bertz CT molecular complexity index is 268. The fourth-order valence-corrected chi connectivity index (χ4v) is 1.46. The Labute approximate surface area is 64.0 Å². The van der Waals surface area contributed by atoms with Crippen molar-refractivity contribution >= 4 is 0 Å². The summed E-state index contributed by atoms with van der Waals surface area (Å²) in [6.45, 7) is 0. The second-order valence-corrected chi connectivity index (χ2v) is 2.86. The Hall–Kier alpha value is -0.990. The highest BCUT2D eigenvalue weighted by atomic mass is 16.6. The zero-order chi connectivity index (χ0) is 7.68. The predicted octanol–water partition coefficient (Wildman–Crippen LogP) is 1.50. The van der Waals surface area contributed by atoms with Gasteiger partial charge in [-0.05, 0) is 12.8 Å². The van der Waals surface area contributed by atoms with Crippen LogP contribution in [0.4, 0.5) is 0 Å². The Morgan fingerprint density at radius 3 is 2.00 bits per heavy atom. The molecule has 1 aromatic rings. The smallest absolute Gasteiger partial charge is 0.396 e. The minimum atomic E-state index is -0.545. The molecule has 1 aliphatic carbocycles. The van der Waals surface area contributed by atoms with Crippen molar-refractivity contribution in [3.05, 3.63) is 22.1 Å². The molecule has 1 aliphatic rings. The van der Waals surface area contributed by atoms with Gasteiger partial charge in [0.15, 0.2) is 0 Å². The van der Waals surface area contributed by atoms with Crippen molar-refractivity contribution in [1.29, 1.82) is 0 Å². The van der Waals surface area contributed by atoms with E-state index in [4.69, 9.17) is 8.83 Å². The van der Waals surface area contributed by atoms with Crippen LogP contribution in [0.3, 0.4) is 0 Å². The molecule has 0 radical (unpaired) electrons. The van der Waals surface area contributed by atoms with Gasteiger partial charge < -0.3 is 8.83 Å². The van der Waals surface area contributed by atoms with Crippen LogP contribution in [0.5, 0.6) is 0 Å². The molecule has 0 unspecified atom stereocenters. The minimum absolute atomic E-state index is 0.545. The summed E-state index contributed by atoms with van der Waals surface area (Å²) in [4.78, 5) is 10.6. The molecule has 3 nitrogen and oxygen atoms in total. The highest BCUT2D eigenvalue weighted by molar-refractivity contribution is 5.05. The maximum absolute atomic E-state index is 10.6. The molecule has 3 heteroatoms. The van der Waals surface area contributed by atoms with Crippen molar-refractivity contribution in [2.75, 3.05) is 0 Å². The van der Waals surface area contributed by atoms with Gasteiger partial charge in [0.1, 0.15) is 11.5 Å². The van der Waals surface area contributed by atoms with E-state index in [2.05, 4.69) is 0 Å². The molecule has 0 saturated heterocycles. The predicted molar refractivity (Wildman–Crippen MR) is 38.5 cm³/mol. The van der Waals surface area contributed by atoms with Crippen LogP contribution in [-0.4, -0.2) is 0 Å². The van der Waals surface area contributed by atoms with Gasteiger partial charge in [0.25, 0.3) is 0 Å². The second-order valence-electron chi connectivity index (χ2n) is 2.86. The van der Waals surface area contributed by atoms with Gasteiger partial charge in [-0.25, -0.2) is 4.79 Å². The first-order valence-corrected chi connectivity index (χ1v) is 3.98. The monoisotopic (exact) mass is 154 g/mol. The van der Waals surface area contributed by atoms with Crippen molar-refractivity contribution in [2.24, 2.45) is 0 Å². The van der Waals surface area contributed by atoms with Crippen LogP contribution < -0.4 is 5.82 Å².